The molecule has 2 atom stereocenters. The second kappa shape index (κ2) is 11.0. The highest BCUT2D eigenvalue weighted by Crippen LogP contribution is 2.23. The molecule has 0 radical (unpaired) electrons. The van der Waals surface area contributed by atoms with Crippen LogP contribution < -0.4 is 20.1 Å². The van der Waals surface area contributed by atoms with E-state index in [1.54, 1.807) is 18.2 Å². The zero-order valence-corrected chi connectivity index (χ0v) is 19.3. The van der Waals surface area contributed by atoms with Gasteiger partial charge in [0.2, 0.25) is 5.91 Å². The number of amides is 2. The molecular weight excluding hydrogens is 406 g/mol. The van der Waals surface area contributed by atoms with Crippen LogP contribution in [0.15, 0.2) is 48.5 Å². The van der Waals surface area contributed by atoms with E-state index in [1.165, 1.54) is 19.8 Å². The number of benzene rings is 2. The van der Waals surface area contributed by atoms with Gasteiger partial charge in [0.25, 0.3) is 5.91 Å². The molecule has 1 aliphatic heterocycles. The number of nitrogens with zero attached hydrogens (tertiary/aromatic N) is 1. The van der Waals surface area contributed by atoms with Crippen LogP contribution in [0.5, 0.6) is 11.5 Å². The quantitative estimate of drug-likeness (QED) is 0.628. The Labute approximate surface area is 190 Å². The van der Waals surface area contributed by atoms with Crippen LogP contribution in [0.4, 0.5) is 0 Å². The largest absolute Gasteiger partial charge is 0.497 e. The molecule has 2 amide bonds. The number of likely N-dealkylation sites (tertiary alicyclic amines) is 1. The number of carbonyl (C=O) groups is 2. The fourth-order valence-corrected chi connectivity index (χ4v) is 3.92. The van der Waals surface area contributed by atoms with E-state index in [0.29, 0.717) is 17.1 Å². The lowest BCUT2D eigenvalue weighted by Gasteiger charge is -2.24. The first-order valence-electron chi connectivity index (χ1n) is 11.0. The highest BCUT2D eigenvalue weighted by atomic mass is 16.5. The van der Waals surface area contributed by atoms with E-state index in [1.807, 2.05) is 32.0 Å². The summed E-state index contributed by atoms with van der Waals surface area (Å²) in [6, 6.07) is 14.7. The van der Waals surface area contributed by atoms with Crippen molar-refractivity contribution >= 4 is 11.8 Å². The smallest absolute Gasteiger partial charge is 0.252 e. The van der Waals surface area contributed by atoms with Crippen molar-refractivity contribution in [2.24, 2.45) is 5.92 Å². The molecule has 7 heteroatoms. The van der Waals surface area contributed by atoms with Crippen LogP contribution in [0.1, 0.15) is 36.2 Å². The average Bonchev–Trinajstić information content (AvgIpc) is 3.23. The van der Waals surface area contributed by atoms with Crippen molar-refractivity contribution in [1.82, 2.24) is 15.5 Å². The Hall–Kier alpha value is -3.06. The SMILES string of the molecule is COc1cc(OC)cc(C(=O)N[C@@H](C(=O)N[C@H]2CCN(Cc3ccccc3)C2)C(C)C)c1. The molecule has 3 rings (SSSR count). The minimum absolute atomic E-state index is 0.0618. The molecule has 32 heavy (non-hydrogen) atoms. The fraction of sp³-hybridized carbons (Fsp3) is 0.440. The average molecular weight is 440 g/mol. The van der Waals surface area contributed by atoms with Gasteiger partial charge in [0.05, 0.1) is 14.2 Å². The van der Waals surface area contributed by atoms with E-state index in [4.69, 9.17) is 9.47 Å². The van der Waals surface area contributed by atoms with Crippen LogP contribution in [0, 0.1) is 5.92 Å². The van der Waals surface area contributed by atoms with E-state index < -0.39 is 6.04 Å². The zero-order chi connectivity index (χ0) is 23.1. The number of hydrogen-bond donors (Lipinski definition) is 2. The third-order valence-electron chi connectivity index (χ3n) is 5.72. The molecule has 7 nitrogen and oxygen atoms in total. The van der Waals surface area contributed by atoms with Crippen LogP contribution in [-0.2, 0) is 11.3 Å². The molecule has 172 valence electrons. The van der Waals surface area contributed by atoms with Gasteiger partial charge in [0.1, 0.15) is 17.5 Å². The second-order valence-electron chi connectivity index (χ2n) is 8.51. The van der Waals surface area contributed by atoms with Crippen LogP contribution in [0.2, 0.25) is 0 Å². The molecule has 0 unspecified atom stereocenters. The van der Waals surface area contributed by atoms with Gasteiger partial charge in [0.15, 0.2) is 0 Å². The van der Waals surface area contributed by atoms with Gasteiger partial charge >= 0.3 is 0 Å². The van der Waals surface area contributed by atoms with Crippen molar-refractivity contribution in [2.45, 2.75) is 38.9 Å². The van der Waals surface area contributed by atoms with Crippen molar-refractivity contribution < 1.29 is 19.1 Å². The Bertz CT molecular complexity index is 894. The standard InChI is InChI=1S/C25H33N3O4/c1-17(2)23(27-24(29)19-12-21(31-3)14-22(13-19)32-4)25(30)26-20-10-11-28(16-20)15-18-8-6-5-7-9-18/h5-9,12-14,17,20,23H,10-11,15-16H2,1-4H3,(H,26,30)(H,27,29)/t20-,23+/m0/s1. The highest BCUT2D eigenvalue weighted by molar-refractivity contribution is 5.98. The summed E-state index contributed by atoms with van der Waals surface area (Å²) < 4.78 is 10.5. The molecule has 1 heterocycles. The zero-order valence-electron chi connectivity index (χ0n) is 19.3. The van der Waals surface area contributed by atoms with Crippen LogP contribution >= 0.6 is 0 Å². The molecule has 0 aromatic heterocycles. The van der Waals surface area contributed by atoms with E-state index in [0.717, 1.165) is 26.1 Å². The Balaban J connectivity index is 1.59. The topological polar surface area (TPSA) is 79.9 Å². The molecule has 1 fully saturated rings. The molecule has 1 saturated heterocycles. The molecule has 2 aromatic rings. The first kappa shape index (κ1) is 23.6. The summed E-state index contributed by atoms with van der Waals surface area (Å²) in [5, 5.41) is 6.02. The molecule has 2 N–H and O–H groups in total. The minimum Gasteiger partial charge on any atom is -0.497 e. The second-order valence-corrected chi connectivity index (χ2v) is 8.51. The van der Waals surface area contributed by atoms with E-state index >= 15 is 0 Å². The molecular formula is C25H33N3O4. The summed E-state index contributed by atoms with van der Waals surface area (Å²) in [6.07, 6.45) is 0.893. The maximum atomic E-state index is 13.0. The summed E-state index contributed by atoms with van der Waals surface area (Å²) in [4.78, 5) is 28.2. The van der Waals surface area contributed by atoms with Gasteiger partial charge in [0, 0.05) is 37.3 Å². The Morgan fingerprint density at radius 1 is 1.06 bits per heavy atom. The third kappa shape index (κ3) is 6.23. The third-order valence-corrected chi connectivity index (χ3v) is 5.72. The Kier molecular flexibility index (Phi) is 8.11. The van der Waals surface area contributed by atoms with E-state index in [9.17, 15) is 9.59 Å². The minimum atomic E-state index is -0.636. The van der Waals surface area contributed by atoms with Gasteiger partial charge in [-0.15, -0.1) is 0 Å². The molecule has 0 saturated carbocycles. The number of carbonyl (C=O) groups excluding carboxylic acids is 2. The number of nitrogens with one attached hydrogen (secondary N) is 2. The molecule has 2 aromatic carbocycles. The summed E-state index contributed by atoms with van der Waals surface area (Å²) in [6.45, 7) is 6.45. The number of hydrogen-bond acceptors (Lipinski definition) is 5. The van der Waals surface area contributed by atoms with Crippen molar-refractivity contribution in [3.63, 3.8) is 0 Å². The molecule has 0 aliphatic carbocycles. The lowest BCUT2D eigenvalue weighted by atomic mass is 10.0. The van der Waals surface area contributed by atoms with Crippen molar-refractivity contribution in [3.8, 4) is 11.5 Å². The monoisotopic (exact) mass is 439 g/mol. The maximum Gasteiger partial charge on any atom is 0.252 e. The van der Waals surface area contributed by atoms with Gasteiger partial charge in [-0.05, 0) is 30.0 Å². The summed E-state index contributed by atoms with van der Waals surface area (Å²) >= 11 is 0. The van der Waals surface area contributed by atoms with Crippen molar-refractivity contribution in [1.29, 1.82) is 0 Å². The predicted octanol–water partition coefficient (Wildman–Crippen LogP) is 2.85. The first-order chi connectivity index (χ1) is 15.4. The number of ether oxygens (including phenoxy) is 2. The summed E-state index contributed by atoms with van der Waals surface area (Å²) in [7, 11) is 3.06. The predicted molar refractivity (Wildman–Crippen MR) is 124 cm³/mol. The van der Waals surface area contributed by atoms with Gasteiger partial charge in [-0.2, -0.15) is 0 Å². The first-order valence-corrected chi connectivity index (χ1v) is 11.0. The summed E-state index contributed by atoms with van der Waals surface area (Å²) in [5.41, 5.74) is 1.65. The van der Waals surface area contributed by atoms with Crippen LogP contribution in [-0.4, -0.2) is 56.1 Å². The number of rotatable bonds is 9. The summed E-state index contributed by atoms with van der Waals surface area (Å²) in [5.74, 6) is 0.477. The van der Waals surface area contributed by atoms with E-state index in [2.05, 4.69) is 27.7 Å². The van der Waals surface area contributed by atoms with Gasteiger partial charge in [-0.1, -0.05) is 44.2 Å². The fourth-order valence-electron chi connectivity index (χ4n) is 3.92. The van der Waals surface area contributed by atoms with Crippen molar-refractivity contribution in [3.05, 3.63) is 59.7 Å². The Morgan fingerprint density at radius 3 is 2.31 bits per heavy atom. The molecule has 1 aliphatic rings. The molecule has 0 spiro atoms. The lowest BCUT2D eigenvalue weighted by molar-refractivity contribution is -0.124. The van der Waals surface area contributed by atoms with Crippen LogP contribution in [0.25, 0.3) is 0 Å². The number of methoxy groups -OCH3 is 2. The Morgan fingerprint density at radius 2 is 1.72 bits per heavy atom. The van der Waals surface area contributed by atoms with E-state index in [-0.39, 0.29) is 23.8 Å². The van der Waals surface area contributed by atoms with Gasteiger partial charge < -0.3 is 20.1 Å². The highest BCUT2D eigenvalue weighted by Gasteiger charge is 2.30. The van der Waals surface area contributed by atoms with Gasteiger partial charge in [-0.3, -0.25) is 14.5 Å². The van der Waals surface area contributed by atoms with Crippen LogP contribution in [0.3, 0.4) is 0 Å². The lowest BCUT2D eigenvalue weighted by Crippen LogP contribution is -2.52. The van der Waals surface area contributed by atoms with Gasteiger partial charge in [-0.25, -0.2) is 0 Å². The normalized spacial score (nSPS) is 17.1. The molecule has 0 bridgehead atoms. The van der Waals surface area contributed by atoms with Crippen molar-refractivity contribution in [2.75, 3.05) is 27.3 Å². The maximum absolute atomic E-state index is 13.0.